The molecule has 2 aliphatic carbocycles. The topological polar surface area (TPSA) is 55.4 Å². The fourth-order valence-electron chi connectivity index (χ4n) is 3.90. The van der Waals surface area contributed by atoms with Gasteiger partial charge in [0.2, 0.25) is 5.91 Å². The predicted molar refractivity (Wildman–Crippen MR) is 60.9 cm³/mol. The summed E-state index contributed by atoms with van der Waals surface area (Å²) in [6, 6.07) is -0.0422. The maximum Gasteiger partial charge on any atom is 0.310 e. The van der Waals surface area contributed by atoms with E-state index in [1.807, 2.05) is 6.92 Å². The van der Waals surface area contributed by atoms with Gasteiger partial charge in [0.15, 0.2) is 0 Å². The van der Waals surface area contributed by atoms with Crippen molar-refractivity contribution < 1.29 is 14.3 Å². The van der Waals surface area contributed by atoms with Gasteiger partial charge in [-0.3, -0.25) is 9.59 Å². The van der Waals surface area contributed by atoms with E-state index in [1.165, 1.54) is 0 Å². The maximum atomic E-state index is 11.7. The van der Waals surface area contributed by atoms with Gasteiger partial charge < -0.3 is 10.1 Å². The first-order valence-electron chi connectivity index (χ1n) is 6.12. The van der Waals surface area contributed by atoms with Gasteiger partial charge in [0.25, 0.3) is 0 Å². The van der Waals surface area contributed by atoms with Crippen LogP contribution in [0.5, 0.6) is 0 Å². The Morgan fingerprint density at radius 2 is 2.24 bits per heavy atom. The summed E-state index contributed by atoms with van der Waals surface area (Å²) in [7, 11) is 0. The SMILES string of the molecule is C=C(C)C(=O)NC1C2CC3C(=O)OC1(C)C3C2. The number of nitrogens with one attached hydrogen (secondary N) is 1. The molecule has 2 saturated carbocycles. The van der Waals surface area contributed by atoms with E-state index in [-0.39, 0.29) is 29.8 Å². The standard InChI is InChI=1S/C13H17NO3/c1-6(2)11(15)14-10-7-4-8-9(5-7)13(10,3)17-12(8)16/h7-10H,1,4-5H2,2-3H3,(H,14,15). The summed E-state index contributed by atoms with van der Waals surface area (Å²) in [5, 5.41) is 2.98. The predicted octanol–water partition coefficient (Wildman–Crippen LogP) is 1.02. The molecule has 1 heterocycles. The van der Waals surface area contributed by atoms with Gasteiger partial charge in [-0.25, -0.2) is 0 Å². The molecule has 17 heavy (non-hydrogen) atoms. The Bertz CT molecular complexity index is 430. The number of rotatable bonds is 2. The second kappa shape index (κ2) is 3.12. The van der Waals surface area contributed by atoms with Crippen molar-refractivity contribution in [3.05, 3.63) is 12.2 Å². The van der Waals surface area contributed by atoms with Gasteiger partial charge in [0, 0.05) is 11.5 Å². The van der Waals surface area contributed by atoms with Crippen LogP contribution in [0, 0.1) is 17.8 Å². The molecule has 3 fully saturated rings. The Labute approximate surface area is 100 Å². The van der Waals surface area contributed by atoms with E-state index in [2.05, 4.69) is 11.9 Å². The van der Waals surface area contributed by atoms with Crippen LogP contribution >= 0.6 is 0 Å². The summed E-state index contributed by atoms with van der Waals surface area (Å²) in [4.78, 5) is 23.4. The number of hydrogen-bond acceptors (Lipinski definition) is 3. The van der Waals surface area contributed by atoms with Gasteiger partial charge in [-0.1, -0.05) is 6.58 Å². The lowest BCUT2D eigenvalue weighted by atomic mass is 9.78. The monoisotopic (exact) mass is 235 g/mol. The molecule has 92 valence electrons. The van der Waals surface area contributed by atoms with E-state index >= 15 is 0 Å². The number of carbonyl (C=O) groups is 2. The molecule has 1 amide bonds. The first-order valence-corrected chi connectivity index (χ1v) is 6.12. The quantitative estimate of drug-likeness (QED) is 0.574. The maximum absolute atomic E-state index is 11.7. The van der Waals surface area contributed by atoms with Crippen LogP contribution in [0.15, 0.2) is 12.2 Å². The Morgan fingerprint density at radius 3 is 2.88 bits per heavy atom. The molecule has 5 atom stereocenters. The van der Waals surface area contributed by atoms with Crippen LogP contribution < -0.4 is 5.32 Å². The lowest BCUT2D eigenvalue weighted by Gasteiger charge is -2.35. The van der Waals surface area contributed by atoms with E-state index in [0.29, 0.717) is 11.5 Å². The highest BCUT2D eigenvalue weighted by Crippen LogP contribution is 2.60. The van der Waals surface area contributed by atoms with Gasteiger partial charge in [0.1, 0.15) is 5.60 Å². The van der Waals surface area contributed by atoms with Crippen LogP contribution in [0.25, 0.3) is 0 Å². The van der Waals surface area contributed by atoms with Crippen LogP contribution in [-0.2, 0) is 14.3 Å². The number of hydrogen-bond donors (Lipinski definition) is 1. The minimum absolute atomic E-state index is 0.0422. The van der Waals surface area contributed by atoms with Crippen molar-refractivity contribution in [2.24, 2.45) is 17.8 Å². The van der Waals surface area contributed by atoms with Gasteiger partial charge in [-0.15, -0.1) is 0 Å². The fourth-order valence-corrected chi connectivity index (χ4v) is 3.90. The van der Waals surface area contributed by atoms with Crippen molar-refractivity contribution in [3.63, 3.8) is 0 Å². The first kappa shape index (κ1) is 10.8. The van der Waals surface area contributed by atoms with Gasteiger partial charge in [-0.05, 0) is 32.6 Å². The molecule has 0 radical (unpaired) electrons. The van der Waals surface area contributed by atoms with E-state index in [4.69, 9.17) is 4.74 Å². The zero-order chi connectivity index (χ0) is 12.4. The minimum Gasteiger partial charge on any atom is -0.457 e. The van der Waals surface area contributed by atoms with E-state index < -0.39 is 5.60 Å². The highest BCUT2D eigenvalue weighted by atomic mass is 16.6. The van der Waals surface area contributed by atoms with Gasteiger partial charge in [-0.2, -0.15) is 0 Å². The lowest BCUT2D eigenvalue weighted by Crippen LogP contribution is -2.54. The Kier molecular flexibility index (Phi) is 1.98. The van der Waals surface area contributed by atoms with Crippen molar-refractivity contribution in [2.45, 2.75) is 38.3 Å². The largest absolute Gasteiger partial charge is 0.457 e. The second-order valence-electron chi connectivity index (χ2n) is 5.78. The zero-order valence-corrected chi connectivity index (χ0v) is 10.2. The van der Waals surface area contributed by atoms with E-state index in [1.54, 1.807) is 6.92 Å². The molecular formula is C13H17NO3. The summed E-state index contributed by atoms with van der Waals surface area (Å²) < 4.78 is 5.54. The molecular weight excluding hydrogens is 218 g/mol. The molecule has 3 aliphatic rings. The second-order valence-corrected chi connectivity index (χ2v) is 5.78. The summed E-state index contributed by atoms with van der Waals surface area (Å²) in [5.41, 5.74) is 0.00715. The molecule has 0 aromatic carbocycles. The molecule has 5 unspecified atom stereocenters. The van der Waals surface area contributed by atoms with Crippen LogP contribution in [0.3, 0.4) is 0 Å². The third-order valence-electron chi connectivity index (χ3n) is 4.72. The third kappa shape index (κ3) is 1.24. The average Bonchev–Trinajstić information content (AvgIpc) is 2.81. The summed E-state index contributed by atoms with van der Waals surface area (Å²) in [6.07, 6.45) is 1.86. The molecule has 1 saturated heterocycles. The number of carbonyl (C=O) groups excluding carboxylic acids is 2. The molecule has 1 N–H and O–H groups in total. The van der Waals surface area contributed by atoms with Crippen LogP contribution in [0.2, 0.25) is 0 Å². The molecule has 3 rings (SSSR count). The molecule has 1 aliphatic heterocycles. The van der Waals surface area contributed by atoms with Crippen molar-refractivity contribution >= 4 is 11.9 Å². The number of amides is 1. The van der Waals surface area contributed by atoms with E-state index in [0.717, 1.165) is 12.8 Å². The van der Waals surface area contributed by atoms with Crippen molar-refractivity contribution in [3.8, 4) is 0 Å². The van der Waals surface area contributed by atoms with Crippen LogP contribution in [-0.4, -0.2) is 23.5 Å². The van der Waals surface area contributed by atoms with Gasteiger partial charge >= 0.3 is 5.97 Å². The highest BCUT2D eigenvalue weighted by molar-refractivity contribution is 5.92. The zero-order valence-electron chi connectivity index (χ0n) is 10.2. The molecule has 0 aromatic heterocycles. The molecule has 0 spiro atoms. The number of esters is 1. The van der Waals surface area contributed by atoms with Crippen LogP contribution in [0.1, 0.15) is 26.7 Å². The smallest absolute Gasteiger partial charge is 0.310 e. The molecule has 4 heteroatoms. The van der Waals surface area contributed by atoms with Gasteiger partial charge in [0.05, 0.1) is 12.0 Å². The van der Waals surface area contributed by atoms with E-state index in [9.17, 15) is 9.59 Å². The summed E-state index contributed by atoms with van der Waals surface area (Å²) in [6.45, 7) is 7.28. The average molecular weight is 235 g/mol. The van der Waals surface area contributed by atoms with Crippen molar-refractivity contribution in [1.29, 1.82) is 0 Å². The Balaban J connectivity index is 1.86. The third-order valence-corrected chi connectivity index (χ3v) is 4.72. The van der Waals surface area contributed by atoms with Crippen molar-refractivity contribution in [1.82, 2.24) is 5.32 Å². The number of fused-ring (bicyclic) bond motifs is 1. The summed E-state index contributed by atoms with van der Waals surface area (Å²) >= 11 is 0. The normalized spacial score (nSPS) is 45.9. The highest BCUT2D eigenvalue weighted by Gasteiger charge is 2.68. The first-order chi connectivity index (χ1) is 7.93. The van der Waals surface area contributed by atoms with Crippen LogP contribution in [0.4, 0.5) is 0 Å². The molecule has 4 nitrogen and oxygen atoms in total. The number of ether oxygens (including phenoxy) is 1. The Hall–Kier alpha value is -1.32. The van der Waals surface area contributed by atoms with Crippen molar-refractivity contribution in [2.75, 3.05) is 0 Å². The lowest BCUT2D eigenvalue weighted by molar-refractivity contribution is -0.150. The minimum atomic E-state index is -0.490. The summed E-state index contributed by atoms with van der Waals surface area (Å²) in [5.74, 6) is 0.526. The Morgan fingerprint density at radius 1 is 1.53 bits per heavy atom. The molecule has 2 bridgehead atoms. The molecule has 0 aromatic rings. The fraction of sp³-hybridized carbons (Fsp3) is 0.692.